The topological polar surface area (TPSA) is 78.4 Å². The Labute approximate surface area is 89.2 Å². The van der Waals surface area contributed by atoms with Crippen LogP contribution in [0.5, 0.6) is 0 Å². The number of hydrogen-bond donors (Lipinski definition) is 3. The summed E-state index contributed by atoms with van der Waals surface area (Å²) in [6, 6.07) is 0.421. The third-order valence-electron chi connectivity index (χ3n) is 2.22. The van der Waals surface area contributed by atoms with Crippen molar-refractivity contribution in [3.63, 3.8) is 0 Å². The number of rotatable bonds is 8. The summed E-state index contributed by atoms with van der Waals surface area (Å²) in [6.45, 7) is 1.28. The van der Waals surface area contributed by atoms with Gasteiger partial charge in [0.15, 0.2) is 0 Å². The molecule has 1 aliphatic carbocycles. The molecule has 1 fully saturated rings. The van der Waals surface area contributed by atoms with Gasteiger partial charge < -0.3 is 15.7 Å². The van der Waals surface area contributed by atoms with Crippen molar-refractivity contribution in [1.82, 2.24) is 10.6 Å². The van der Waals surface area contributed by atoms with E-state index in [0.717, 1.165) is 12.8 Å². The molecule has 0 aliphatic heterocycles. The van der Waals surface area contributed by atoms with Gasteiger partial charge in [-0.2, -0.15) is 0 Å². The zero-order valence-electron chi connectivity index (χ0n) is 8.79. The van der Waals surface area contributed by atoms with Gasteiger partial charge in [0.2, 0.25) is 5.91 Å². The number of hydrogen-bond acceptors (Lipinski definition) is 3. The molecule has 0 aromatic heterocycles. The van der Waals surface area contributed by atoms with Gasteiger partial charge in [-0.15, -0.1) is 0 Å². The second kappa shape index (κ2) is 6.40. The number of aliphatic carboxylic acids is 1. The Bertz CT molecular complexity index is 227. The van der Waals surface area contributed by atoms with Crippen molar-refractivity contribution in [3.8, 4) is 0 Å². The predicted molar refractivity (Wildman–Crippen MR) is 55.5 cm³/mol. The Hall–Kier alpha value is -1.10. The van der Waals surface area contributed by atoms with Crippen molar-refractivity contribution in [2.24, 2.45) is 0 Å². The van der Waals surface area contributed by atoms with Crippen LogP contribution < -0.4 is 10.6 Å². The van der Waals surface area contributed by atoms with Crippen LogP contribution in [0, 0.1) is 0 Å². The van der Waals surface area contributed by atoms with E-state index in [1.165, 1.54) is 0 Å². The number of carboxylic acids is 1. The number of amides is 1. The molecule has 1 saturated carbocycles. The quantitative estimate of drug-likeness (QED) is 0.501. The van der Waals surface area contributed by atoms with Crippen molar-refractivity contribution in [1.29, 1.82) is 0 Å². The standard InChI is InChI=1S/C10H18N2O3/c13-9(12-8-3-4-8)5-7-11-6-1-2-10(14)15/h8,11H,1-7H2,(H,12,13)(H,14,15). The molecule has 0 radical (unpaired) electrons. The molecule has 1 aliphatic rings. The molecular weight excluding hydrogens is 196 g/mol. The third-order valence-corrected chi connectivity index (χ3v) is 2.22. The largest absolute Gasteiger partial charge is 0.481 e. The lowest BCUT2D eigenvalue weighted by molar-refractivity contribution is -0.137. The fraction of sp³-hybridized carbons (Fsp3) is 0.800. The highest BCUT2D eigenvalue weighted by Crippen LogP contribution is 2.18. The van der Waals surface area contributed by atoms with E-state index in [1.54, 1.807) is 0 Å². The van der Waals surface area contributed by atoms with Gasteiger partial charge in [0.25, 0.3) is 0 Å². The Morgan fingerprint density at radius 3 is 2.53 bits per heavy atom. The Morgan fingerprint density at radius 1 is 1.20 bits per heavy atom. The maximum atomic E-state index is 11.2. The lowest BCUT2D eigenvalue weighted by atomic mass is 10.3. The summed E-state index contributed by atoms with van der Waals surface area (Å²) < 4.78 is 0. The normalized spacial score (nSPS) is 14.9. The van der Waals surface area contributed by atoms with Crippen molar-refractivity contribution in [3.05, 3.63) is 0 Å². The highest BCUT2D eigenvalue weighted by Gasteiger charge is 2.22. The molecule has 15 heavy (non-hydrogen) atoms. The van der Waals surface area contributed by atoms with E-state index < -0.39 is 5.97 Å². The van der Waals surface area contributed by atoms with Crippen molar-refractivity contribution in [2.45, 2.75) is 38.1 Å². The molecule has 3 N–H and O–H groups in total. The maximum absolute atomic E-state index is 11.2. The Morgan fingerprint density at radius 2 is 1.93 bits per heavy atom. The second-order valence-electron chi connectivity index (χ2n) is 3.84. The summed E-state index contributed by atoms with van der Waals surface area (Å²) in [5.74, 6) is -0.688. The maximum Gasteiger partial charge on any atom is 0.303 e. The minimum absolute atomic E-state index is 0.0863. The van der Waals surface area contributed by atoms with Crippen molar-refractivity contribution in [2.75, 3.05) is 13.1 Å². The van der Waals surface area contributed by atoms with Gasteiger partial charge >= 0.3 is 5.97 Å². The molecule has 0 spiro atoms. The van der Waals surface area contributed by atoms with E-state index in [9.17, 15) is 9.59 Å². The molecule has 5 nitrogen and oxygen atoms in total. The molecular formula is C10H18N2O3. The third kappa shape index (κ3) is 6.90. The number of nitrogens with one attached hydrogen (secondary N) is 2. The van der Waals surface area contributed by atoms with Crippen LogP contribution in [0.4, 0.5) is 0 Å². The van der Waals surface area contributed by atoms with E-state index in [2.05, 4.69) is 10.6 Å². The smallest absolute Gasteiger partial charge is 0.303 e. The molecule has 5 heteroatoms. The van der Waals surface area contributed by atoms with Crippen molar-refractivity contribution < 1.29 is 14.7 Å². The van der Waals surface area contributed by atoms with Gasteiger partial charge in [-0.3, -0.25) is 9.59 Å². The lowest BCUT2D eigenvalue weighted by Crippen LogP contribution is -2.29. The van der Waals surface area contributed by atoms with E-state index in [0.29, 0.717) is 32.0 Å². The summed E-state index contributed by atoms with van der Waals surface area (Å²) in [6.07, 6.45) is 3.49. The summed E-state index contributed by atoms with van der Waals surface area (Å²) in [4.78, 5) is 21.4. The Balaban J connectivity index is 1.83. The van der Waals surface area contributed by atoms with E-state index in [4.69, 9.17) is 5.11 Å². The van der Waals surface area contributed by atoms with Crippen LogP contribution in [0.1, 0.15) is 32.1 Å². The molecule has 0 heterocycles. The number of carbonyl (C=O) groups is 2. The van der Waals surface area contributed by atoms with Crippen LogP contribution >= 0.6 is 0 Å². The first-order valence-electron chi connectivity index (χ1n) is 5.40. The van der Waals surface area contributed by atoms with Gasteiger partial charge in [-0.05, 0) is 25.8 Å². The van der Waals surface area contributed by atoms with Gasteiger partial charge in [0.05, 0.1) is 0 Å². The molecule has 0 saturated heterocycles. The fourth-order valence-electron chi connectivity index (χ4n) is 1.22. The van der Waals surface area contributed by atoms with Crippen molar-refractivity contribution >= 4 is 11.9 Å². The molecule has 0 aromatic rings. The lowest BCUT2D eigenvalue weighted by Gasteiger charge is -2.04. The van der Waals surface area contributed by atoms with Crippen LogP contribution in [0.25, 0.3) is 0 Å². The van der Waals surface area contributed by atoms with Crippen LogP contribution in [0.3, 0.4) is 0 Å². The highest BCUT2D eigenvalue weighted by molar-refractivity contribution is 5.76. The minimum atomic E-state index is -0.775. The highest BCUT2D eigenvalue weighted by atomic mass is 16.4. The Kier molecular flexibility index (Phi) is 5.10. The minimum Gasteiger partial charge on any atom is -0.481 e. The zero-order chi connectivity index (χ0) is 11.1. The molecule has 0 aromatic carbocycles. The molecule has 1 rings (SSSR count). The molecule has 1 amide bonds. The van der Waals surface area contributed by atoms with Crippen LogP contribution in [-0.2, 0) is 9.59 Å². The van der Waals surface area contributed by atoms with Gasteiger partial charge in [0, 0.05) is 25.4 Å². The molecule has 0 unspecified atom stereocenters. The second-order valence-corrected chi connectivity index (χ2v) is 3.84. The van der Waals surface area contributed by atoms with E-state index >= 15 is 0 Å². The first-order valence-corrected chi connectivity index (χ1v) is 5.40. The average molecular weight is 214 g/mol. The van der Waals surface area contributed by atoms with Crippen LogP contribution in [-0.4, -0.2) is 36.1 Å². The molecule has 0 atom stereocenters. The predicted octanol–water partition coefficient (Wildman–Crippen LogP) is 0.110. The zero-order valence-corrected chi connectivity index (χ0v) is 8.79. The van der Waals surface area contributed by atoms with E-state index in [1.807, 2.05) is 0 Å². The first kappa shape index (κ1) is 12.0. The van der Waals surface area contributed by atoms with Crippen LogP contribution in [0.2, 0.25) is 0 Å². The summed E-state index contributed by atoms with van der Waals surface area (Å²) in [5.41, 5.74) is 0. The first-order chi connectivity index (χ1) is 7.18. The van der Waals surface area contributed by atoms with E-state index in [-0.39, 0.29) is 12.3 Å². The average Bonchev–Trinajstić information content (AvgIpc) is 2.94. The number of carboxylic acid groups (broad SMARTS) is 1. The summed E-state index contributed by atoms with van der Waals surface area (Å²) in [5, 5.41) is 14.3. The van der Waals surface area contributed by atoms with Gasteiger partial charge in [0.1, 0.15) is 0 Å². The number of carbonyl (C=O) groups excluding carboxylic acids is 1. The van der Waals surface area contributed by atoms with Gasteiger partial charge in [-0.25, -0.2) is 0 Å². The molecule has 0 bridgehead atoms. The SMILES string of the molecule is O=C(O)CCCNCCC(=O)NC1CC1. The monoisotopic (exact) mass is 214 g/mol. The fourth-order valence-corrected chi connectivity index (χ4v) is 1.22. The van der Waals surface area contributed by atoms with Crippen LogP contribution in [0.15, 0.2) is 0 Å². The molecule has 86 valence electrons. The summed E-state index contributed by atoms with van der Waals surface area (Å²) >= 11 is 0. The summed E-state index contributed by atoms with van der Waals surface area (Å²) in [7, 11) is 0. The van der Waals surface area contributed by atoms with Gasteiger partial charge in [-0.1, -0.05) is 0 Å².